The highest BCUT2D eigenvalue weighted by Crippen LogP contribution is 2.36. The van der Waals surface area contributed by atoms with Gasteiger partial charge in [-0.3, -0.25) is 14.9 Å². The summed E-state index contributed by atoms with van der Waals surface area (Å²) in [6, 6.07) is 4.79. The summed E-state index contributed by atoms with van der Waals surface area (Å²) >= 11 is 7.16. The van der Waals surface area contributed by atoms with Crippen molar-refractivity contribution in [1.82, 2.24) is 0 Å². The number of halogens is 2. The lowest BCUT2D eigenvalue weighted by molar-refractivity contribution is -0.384. The molecule has 0 heterocycles. The van der Waals surface area contributed by atoms with E-state index in [0.29, 0.717) is 0 Å². The number of benzene rings is 1. The third-order valence-electron chi connectivity index (χ3n) is 2.35. The van der Waals surface area contributed by atoms with Crippen LogP contribution < -0.4 is 0 Å². The molecule has 0 aliphatic carbocycles. The summed E-state index contributed by atoms with van der Waals surface area (Å²) in [6.07, 6.45) is 0. The zero-order chi connectivity index (χ0) is 14.8. The van der Waals surface area contributed by atoms with Gasteiger partial charge in [-0.2, -0.15) is 0 Å². The van der Waals surface area contributed by atoms with E-state index in [2.05, 4.69) is 0 Å². The second-order valence-electron chi connectivity index (χ2n) is 3.56. The molecule has 0 N–H and O–H groups in total. The van der Waals surface area contributed by atoms with Gasteiger partial charge in [0.1, 0.15) is 0 Å². The van der Waals surface area contributed by atoms with E-state index in [0.717, 1.165) is 6.07 Å². The molecule has 0 aliphatic rings. The number of non-ortho nitro benzene ring substituents is 1. The average Bonchev–Trinajstić information content (AvgIpc) is 2.37. The van der Waals surface area contributed by atoms with Gasteiger partial charge in [0.15, 0.2) is 9.84 Å². The Morgan fingerprint density at radius 3 is 2.58 bits per heavy atom. The fourth-order valence-corrected chi connectivity index (χ4v) is 3.70. The Bertz CT molecular complexity index is 629. The molecule has 0 unspecified atom stereocenters. The van der Waals surface area contributed by atoms with Crippen LogP contribution in [0.5, 0.6) is 0 Å². The largest absolute Gasteiger partial charge is 0.290 e. The van der Waals surface area contributed by atoms with Crippen LogP contribution >= 0.6 is 34.2 Å². The molecule has 0 radical (unpaired) electrons. The van der Waals surface area contributed by atoms with Gasteiger partial charge in [0.2, 0.25) is 5.78 Å². The number of nitrogens with zero attached hydrogens (tertiary/aromatic N) is 1. The number of carbonyl (C=O) groups is 1. The lowest BCUT2D eigenvalue weighted by atomic mass is 10.1. The number of hydrogen-bond donors (Lipinski definition) is 0. The molecule has 104 valence electrons. The molecule has 1 rings (SSSR count). The van der Waals surface area contributed by atoms with Crippen molar-refractivity contribution in [2.24, 2.45) is 0 Å². The summed E-state index contributed by atoms with van der Waals surface area (Å²) in [5.74, 6) is -1.19. The van der Waals surface area contributed by atoms with E-state index >= 15 is 0 Å². The predicted molar refractivity (Wildman–Crippen MR) is 79.5 cm³/mol. The number of sulfone groups is 1. The first-order valence-corrected chi connectivity index (χ1v) is 8.13. The molecule has 0 aromatic heterocycles. The molecular weight excluding hydrogens is 409 g/mol. The molecule has 0 fully saturated rings. The summed E-state index contributed by atoms with van der Waals surface area (Å²) in [7, 11) is -3.85. The first-order valence-electron chi connectivity index (χ1n) is 5.03. The Morgan fingerprint density at radius 2 is 2.11 bits per heavy atom. The van der Waals surface area contributed by atoms with Gasteiger partial charge in [-0.1, -0.05) is 30.7 Å². The van der Waals surface area contributed by atoms with Gasteiger partial charge in [0.05, 0.1) is 10.7 Å². The Balaban J connectivity index is 3.28. The van der Waals surface area contributed by atoms with E-state index in [1.165, 1.54) is 47.7 Å². The topological polar surface area (TPSA) is 94.3 Å². The van der Waals surface area contributed by atoms with Crippen molar-refractivity contribution in [3.63, 3.8) is 0 Å². The van der Waals surface area contributed by atoms with Crippen LogP contribution in [0.25, 0.3) is 0 Å². The smallest absolute Gasteiger partial charge is 0.270 e. The quantitative estimate of drug-likeness (QED) is 0.241. The lowest BCUT2D eigenvalue weighted by Gasteiger charge is -2.18. The number of rotatable bonds is 5. The van der Waals surface area contributed by atoms with Gasteiger partial charge in [0, 0.05) is 17.7 Å². The van der Waals surface area contributed by atoms with Crippen LogP contribution in [0, 0.1) is 10.1 Å². The highest BCUT2D eigenvalue weighted by molar-refractivity contribution is 14.1. The maximum atomic E-state index is 12.1. The molecule has 1 aromatic rings. The van der Waals surface area contributed by atoms with Crippen molar-refractivity contribution in [3.8, 4) is 0 Å². The summed E-state index contributed by atoms with van der Waals surface area (Å²) < 4.78 is 21.4. The molecule has 6 nitrogen and oxygen atoms in total. The minimum atomic E-state index is -3.85. The third kappa shape index (κ3) is 3.23. The fraction of sp³-hybridized carbons (Fsp3) is 0.300. The van der Waals surface area contributed by atoms with Crippen molar-refractivity contribution >= 4 is 55.5 Å². The van der Waals surface area contributed by atoms with Crippen LogP contribution in [0.15, 0.2) is 24.3 Å². The Labute approximate surface area is 128 Å². The minimum absolute atomic E-state index is 0.115. The average molecular weight is 418 g/mol. The molecule has 1 aromatic carbocycles. The number of nitro benzene ring substituents is 1. The van der Waals surface area contributed by atoms with Gasteiger partial charge in [0.25, 0.3) is 7.90 Å². The zero-order valence-corrected chi connectivity index (χ0v) is 13.4. The first kappa shape index (κ1) is 16.3. The first-order chi connectivity index (χ1) is 8.63. The SMILES string of the molecule is CCS(=O)(=O)[C@](Cl)(I)C(=O)c1cccc([N+](=O)[O-])c1. The minimum Gasteiger partial charge on any atom is -0.290 e. The van der Waals surface area contributed by atoms with Gasteiger partial charge in [-0.05, 0) is 22.6 Å². The van der Waals surface area contributed by atoms with Gasteiger partial charge in [-0.25, -0.2) is 8.42 Å². The van der Waals surface area contributed by atoms with Crippen LogP contribution in [-0.4, -0.2) is 27.1 Å². The van der Waals surface area contributed by atoms with E-state index in [9.17, 15) is 23.3 Å². The lowest BCUT2D eigenvalue weighted by Crippen LogP contribution is -2.36. The monoisotopic (exact) mass is 417 g/mol. The molecule has 0 saturated carbocycles. The van der Waals surface area contributed by atoms with Crippen molar-refractivity contribution < 1.29 is 18.1 Å². The molecule has 0 amide bonds. The number of nitro groups is 1. The second-order valence-corrected chi connectivity index (χ2v) is 9.75. The zero-order valence-electron chi connectivity index (χ0n) is 9.67. The molecule has 9 heteroatoms. The van der Waals surface area contributed by atoms with Gasteiger partial charge < -0.3 is 0 Å². The molecule has 1 atom stereocenters. The van der Waals surface area contributed by atoms with Gasteiger partial charge in [-0.15, -0.1) is 0 Å². The number of hydrogen-bond acceptors (Lipinski definition) is 5. The molecule has 0 spiro atoms. The number of alkyl halides is 2. The van der Waals surface area contributed by atoms with Crippen LogP contribution in [0.3, 0.4) is 0 Å². The molecule has 0 aliphatic heterocycles. The van der Waals surface area contributed by atoms with Crippen LogP contribution in [0.4, 0.5) is 5.69 Å². The Kier molecular flexibility index (Phi) is 4.91. The van der Waals surface area contributed by atoms with Crippen LogP contribution in [-0.2, 0) is 9.84 Å². The normalized spacial score (nSPS) is 14.7. The van der Waals surface area contributed by atoms with E-state index in [1.54, 1.807) is 0 Å². The summed E-state index contributed by atoms with van der Waals surface area (Å²) in [4.78, 5) is 22.1. The third-order valence-corrected chi connectivity index (χ3v) is 7.46. The standard InChI is InChI=1S/C10H9ClINO5S/c1-2-19(17,18)10(11,12)9(14)7-4-3-5-8(6-7)13(15)16/h3-6H,2H2,1H3/t10-/m1/s1. The summed E-state index contributed by atoms with van der Waals surface area (Å²) in [5, 5.41) is 10.6. The number of Topliss-reactive ketones (excluding diaryl/α,β-unsaturated/α-hetero) is 1. The van der Waals surface area contributed by atoms with E-state index in [4.69, 9.17) is 11.6 Å². The number of ketones is 1. The summed E-state index contributed by atoms with van der Waals surface area (Å²) in [6.45, 7) is 1.37. The maximum absolute atomic E-state index is 12.1. The van der Waals surface area contributed by atoms with Crippen molar-refractivity contribution in [2.45, 2.75) is 9.14 Å². The highest BCUT2D eigenvalue weighted by Gasteiger charge is 2.46. The van der Waals surface area contributed by atoms with Crippen LogP contribution in [0.1, 0.15) is 17.3 Å². The maximum Gasteiger partial charge on any atom is 0.270 e. The van der Waals surface area contributed by atoms with E-state index in [-0.39, 0.29) is 17.0 Å². The Hall–Kier alpha value is -0.740. The molecule has 0 saturated heterocycles. The van der Waals surface area contributed by atoms with Crippen molar-refractivity contribution in [3.05, 3.63) is 39.9 Å². The molecule has 0 bridgehead atoms. The predicted octanol–water partition coefficient (Wildman–Crippen LogP) is 2.54. The van der Waals surface area contributed by atoms with Gasteiger partial charge >= 0.3 is 0 Å². The molecular formula is C10H9ClINO5S. The van der Waals surface area contributed by atoms with E-state index in [1.807, 2.05) is 0 Å². The Morgan fingerprint density at radius 1 is 1.53 bits per heavy atom. The van der Waals surface area contributed by atoms with Crippen LogP contribution in [0.2, 0.25) is 0 Å². The van der Waals surface area contributed by atoms with E-state index < -0.39 is 22.8 Å². The van der Waals surface area contributed by atoms with Crippen molar-refractivity contribution in [1.29, 1.82) is 0 Å². The molecule has 19 heavy (non-hydrogen) atoms. The highest BCUT2D eigenvalue weighted by atomic mass is 127. The summed E-state index contributed by atoms with van der Waals surface area (Å²) in [5.41, 5.74) is -0.417. The number of carbonyl (C=O) groups excluding carboxylic acids is 1. The fourth-order valence-electron chi connectivity index (χ4n) is 1.25. The second kappa shape index (κ2) is 5.71. The van der Waals surface area contributed by atoms with Crippen molar-refractivity contribution in [2.75, 3.05) is 5.75 Å².